The zero-order valence-corrected chi connectivity index (χ0v) is 39.2. The number of hydrogen-bond acceptors (Lipinski definition) is 12. The second kappa shape index (κ2) is 28.4. The molecule has 0 aromatic heterocycles. The summed E-state index contributed by atoms with van der Waals surface area (Å²) in [5.74, 6) is -53.5. The summed E-state index contributed by atoms with van der Waals surface area (Å²) in [7, 11) is -5.74. The molecule has 0 bridgehead atoms. The standard InChI is InChI=1S/C25H40N2O10.C13H10F17N3O3S/c1-32-11-12-33-13-14-34-15-16-35-17-18-36-20-23(28)27-22(24(29)30)9-5-6-10-26-25(31)37-19-21-7-3-2-4-8-21;14-6(15,8(18,19)10(22,23)12(26,27)28)7(16,17)9(20,21)11(24,25)13(29,30)37(35,36)33-3-1-32(2-4-33)5(31)34/h2-4,7-8,22H,5-6,9-20H2,1H3,(H,26,31)(H,27,28)(H,29,30);1-4H2,(H2,31,34)/t22-;/m0./s1. The molecule has 1 saturated heterocycles. The molecule has 1 fully saturated rings. The topological polar surface area (TPSA) is 235 Å². The van der Waals surface area contributed by atoms with Crippen molar-refractivity contribution in [2.24, 2.45) is 5.73 Å². The number of piperazine rings is 1. The van der Waals surface area contributed by atoms with E-state index in [1.165, 1.54) is 0 Å². The number of amides is 4. The first-order chi connectivity index (χ1) is 33.9. The number of nitrogens with zero attached hydrogens (tertiary/aromatic N) is 2. The molecule has 1 aliphatic heterocycles. The number of carbonyl (C=O) groups is 4. The molecule has 4 amide bonds. The molecule has 430 valence electrons. The van der Waals surface area contributed by atoms with Crippen LogP contribution in [0.1, 0.15) is 24.8 Å². The van der Waals surface area contributed by atoms with Crippen LogP contribution in [0.3, 0.4) is 0 Å². The minimum Gasteiger partial charge on any atom is -0.480 e. The van der Waals surface area contributed by atoms with E-state index < -0.39 is 118 Å². The van der Waals surface area contributed by atoms with Gasteiger partial charge < -0.3 is 54.8 Å². The number of unbranched alkanes of at least 4 members (excludes halogenated alkanes) is 1. The lowest BCUT2D eigenvalue weighted by molar-refractivity contribution is -0.458. The number of carbonyl (C=O) groups excluding carboxylic acids is 3. The Kier molecular flexibility index (Phi) is 25.8. The Morgan fingerprint density at radius 3 is 1.54 bits per heavy atom. The molecule has 0 unspecified atom stereocenters. The number of nitrogens with two attached hydrogens (primary N) is 1. The van der Waals surface area contributed by atoms with E-state index in [4.69, 9.17) is 34.2 Å². The molecule has 0 radical (unpaired) electrons. The Balaban J connectivity index is 0.000000740. The summed E-state index contributed by atoms with van der Waals surface area (Å²) >= 11 is 0. The van der Waals surface area contributed by atoms with Gasteiger partial charge in [-0.2, -0.15) is 78.9 Å². The number of primary amides is 1. The van der Waals surface area contributed by atoms with Crippen LogP contribution in [-0.2, 0) is 54.6 Å². The van der Waals surface area contributed by atoms with E-state index in [0.29, 0.717) is 63.9 Å². The number of urea groups is 1. The molecule has 18 nitrogen and oxygen atoms in total. The van der Waals surface area contributed by atoms with Crippen molar-refractivity contribution >= 4 is 34.0 Å². The van der Waals surface area contributed by atoms with Gasteiger partial charge in [0.15, 0.2) is 0 Å². The first-order valence-corrected chi connectivity index (χ1v) is 22.4. The van der Waals surface area contributed by atoms with Crippen molar-refractivity contribution in [3.05, 3.63) is 35.9 Å². The van der Waals surface area contributed by atoms with Gasteiger partial charge in [-0.25, -0.2) is 22.8 Å². The van der Waals surface area contributed by atoms with E-state index in [0.717, 1.165) is 5.56 Å². The van der Waals surface area contributed by atoms with Gasteiger partial charge in [-0.1, -0.05) is 30.3 Å². The van der Waals surface area contributed by atoms with Crippen molar-refractivity contribution in [2.75, 3.05) is 99.3 Å². The molecule has 0 aliphatic carbocycles. The van der Waals surface area contributed by atoms with Crippen LogP contribution in [0.5, 0.6) is 0 Å². The van der Waals surface area contributed by atoms with Gasteiger partial charge in [-0.05, 0) is 24.8 Å². The summed E-state index contributed by atoms with van der Waals surface area (Å²) in [6, 6.07) is 6.93. The van der Waals surface area contributed by atoms with E-state index in [1.807, 2.05) is 30.3 Å². The van der Waals surface area contributed by atoms with Crippen LogP contribution >= 0.6 is 0 Å². The van der Waals surface area contributed by atoms with Crippen LogP contribution in [0.15, 0.2) is 30.3 Å². The molecule has 1 heterocycles. The number of halogens is 17. The van der Waals surface area contributed by atoms with E-state index in [1.54, 1.807) is 7.11 Å². The zero-order chi connectivity index (χ0) is 57.0. The Morgan fingerprint density at radius 2 is 1.09 bits per heavy atom. The quantitative estimate of drug-likeness (QED) is 0.0544. The largest absolute Gasteiger partial charge is 0.480 e. The number of alkyl halides is 17. The fourth-order valence-electron chi connectivity index (χ4n) is 5.52. The number of hydrogen-bond donors (Lipinski definition) is 4. The summed E-state index contributed by atoms with van der Waals surface area (Å²) in [4.78, 5) is 46.5. The maximum atomic E-state index is 14.1. The molecule has 1 aromatic rings. The highest BCUT2D eigenvalue weighted by Gasteiger charge is 2.96. The third-order valence-electron chi connectivity index (χ3n) is 9.72. The normalized spacial score (nSPS) is 15.2. The average molecular weight is 1140 g/mol. The van der Waals surface area contributed by atoms with E-state index in [9.17, 15) is 107 Å². The molecule has 1 aliphatic rings. The number of aliphatic carboxylic acids is 1. The fourth-order valence-corrected chi connectivity index (χ4v) is 6.94. The van der Waals surface area contributed by atoms with Crippen LogP contribution in [-0.4, -0.2) is 199 Å². The number of nitrogens with one attached hydrogen (secondary N) is 2. The predicted molar refractivity (Wildman–Crippen MR) is 216 cm³/mol. The molecule has 36 heteroatoms. The molecule has 1 aromatic carbocycles. The molecule has 5 N–H and O–H groups in total. The van der Waals surface area contributed by atoms with Gasteiger partial charge in [0.25, 0.3) is 10.0 Å². The van der Waals surface area contributed by atoms with Crippen LogP contribution in [0.25, 0.3) is 0 Å². The lowest BCUT2D eigenvalue weighted by Crippen LogP contribution is -2.75. The fraction of sp³-hybridized carbons (Fsp3) is 0.737. The smallest absolute Gasteiger partial charge is 0.460 e. The number of rotatable bonds is 31. The number of methoxy groups -OCH3 is 1. The van der Waals surface area contributed by atoms with Gasteiger partial charge in [0.1, 0.15) is 19.3 Å². The monoisotopic (exact) mass is 1140 g/mol. The van der Waals surface area contributed by atoms with Gasteiger partial charge >= 0.3 is 65.1 Å². The lowest BCUT2D eigenvalue weighted by atomic mass is 9.91. The molecular formula is C38H50F17N5O13S. The number of ether oxygens (including phenoxy) is 6. The molecule has 74 heavy (non-hydrogen) atoms. The van der Waals surface area contributed by atoms with Gasteiger partial charge in [0.05, 0.1) is 52.9 Å². The first kappa shape index (κ1) is 67.2. The Hall–Kier alpha value is -4.78. The molecule has 0 spiro atoms. The SMILES string of the molecule is COCCOCCOCCOCCOCC(=O)N[C@@H](CCCCNC(=O)OCc1ccccc1)C(=O)O.NC(=O)N1CCN(S(=O)(=O)C(F)(F)C(F)(F)C(F)(F)C(F)(F)C(F)(F)C(F)(F)C(F)(F)C(F)(F)F)CC1. The second-order valence-corrected chi connectivity index (χ2v) is 17.0. The zero-order valence-electron chi connectivity index (χ0n) is 38.3. The molecule has 2 rings (SSSR count). The van der Waals surface area contributed by atoms with Crippen molar-refractivity contribution in [3.8, 4) is 0 Å². The minimum atomic E-state index is -8.88. The Bertz CT molecular complexity index is 2020. The summed E-state index contributed by atoms with van der Waals surface area (Å²) in [5.41, 5.74) is 5.61. The first-order valence-electron chi connectivity index (χ1n) is 21.0. The van der Waals surface area contributed by atoms with Gasteiger partial charge in [0, 0.05) is 39.8 Å². The molecule has 1 atom stereocenters. The predicted octanol–water partition coefficient (Wildman–Crippen LogP) is 5.34. The van der Waals surface area contributed by atoms with E-state index >= 15 is 0 Å². The highest BCUT2D eigenvalue weighted by molar-refractivity contribution is 7.90. The molecule has 0 saturated carbocycles. The Labute approximate surface area is 409 Å². The number of carboxylic acid groups (broad SMARTS) is 1. The lowest BCUT2D eigenvalue weighted by Gasteiger charge is -2.43. The number of sulfonamides is 1. The number of alkyl carbamates (subject to hydrolysis) is 1. The van der Waals surface area contributed by atoms with Gasteiger partial charge in [0.2, 0.25) is 5.91 Å². The third-order valence-corrected chi connectivity index (χ3v) is 11.7. The second-order valence-electron chi connectivity index (χ2n) is 15.0. The molecular weight excluding hydrogens is 1090 g/mol. The maximum absolute atomic E-state index is 14.1. The highest BCUT2D eigenvalue weighted by Crippen LogP contribution is 2.64. The Morgan fingerprint density at radius 1 is 0.649 bits per heavy atom. The average Bonchev–Trinajstić information content (AvgIpc) is 3.31. The van der Waals surface area contributed by atoms with Crippen molar-refractivity contribution in [1.29, 1.82) is 0 Å². The van der Waals surface area contributed by atoms with Crippen molar-refractivity contribution < 1.29 is 136 Å². The summed E-state index contributed by atoms with van der Waals surface area (Å²) in [6.45, 7) is -1.39. The summed E-state index contributed by atoms with van der Waals surface area (Å²) in [6.07, 6.45) is -7.18. The minimum absolute atomic E-state index is 0.175. The summed E-state index contributed by atoms with van der Waals surface area (Å²) in [5, 5.41) is 6.79. The van der Waals surface area contributed by atoms with Crippen LogP contribution in [0.4, 0.5) is 84.2 Å². The van der Waals surface area contributed by atoms with Crippen LogP contribution in [0, 0.1) is 0 Å². The van der Waals surface area contributed by atoms with Gasteiger partial charge in [-0.3, -0.25) is 4.79 Å². The van der Waals surface area contributed by atoms with E-state index in [-0.39, 0.29) is 32.8 Å². The number of benzene rings is 1. The van der Waals surface area contributed by atoms with E-state index in [2.05, 4.69) is 10.6 Å². The van der Waals surface area contributed by atoms with Crippen LogP contribution in [0.2, 0.25) is 0 Å². The highest BCUT2D eigenvalue weighted by atomic mass is 32.2. The third kappa shape index (κ3) is 17.1. The number of carboxylic acids is 1. The maximum Gasteiger partial charge on any atom is 0.460 e. The summed E-state index contributed by atoms with van der Waals surface area (Å²) < 4.78 is 280. The van der Waals surface area contributed by atoms with Crippen molar-refractivity contribution in [1.82, 2.24) is 19.8 Å². The van der Waals surface area contributed by atoms with Gasteiger partial charge in [-0.15, -0.1) is 0 Å². The van der Waals surface area contributed by atoms with Crippen molar-refractivity contribution in [2.45, 2.75) is 78.9 Å². The van der Waals surface area contributed by atoms with Crippen LogP contribution < -0.4 is 16.4 Å². The van der Waals surface area contributed by atoms with Crippen molar-refractivity contribution in [3.63, 3.8) is 0 Å².